The summed E-state index contributed by atoms with van der Waals surface area (Å²) in [6.45, 7) is 0.770. The molecule has 0 aliphatic rings. The summed E-state index contributed by atoms with van der Waals surface area (Å²) in [4.78, 5) is 13.9. The van der Waals surface area contributed by atoms with Crippen molar-refractivity contribution >= 4 is 38.7 Å². The predicted octanol–water partition coefficient (Wildman–Crippen LogP) is 4.43. The number of nitrogens with zero attached hydrogens (tertiary/aromatic N) is 1. The molecule has 0 aliphatic carbocycles. The van der Waals surface area contributed by atoms with Crippen molar-refractivity contribution in [3.05, 3.63) is 69.2 Å². The first kappa shape index (κ1) is 17.3. The van der Waals surface area contributed by atoms with Gasteiger partial charge in [0.2, 0.25) is 4.74 Å². The molecule has 0 unspecified atom stereocenters. The quantitative estimate of drug-likeness (QED) is 0.637. The molecule has 3 aromatic rings. The minimum absolute atomic E-state index is 0.0376. The molecular formula is C20H16ClNO2S. The molecule has 0 radical (unpaired) electrons. The van der Waals surface area contributed by atoms with Crippen LogP contribution in [0.3, 0.4) is 0 Å². The van der Waals surface area contributed by atoms with Crippen molar-refractivity contribution in [3.63, 3.8) is 0 Å². The lowest BCUT2D eigenvalue weighted by Crippen LogP contribution is -2.18. The average molecular weight is 370 g/mol. The smallest absolute Gasteiger partial charge is 0.234 e. The number of ether oxygens (including phenoxy) is 1. The molecule has 0 bridgehead atoms. The highest BCUT2D eigenvalue weighted by molar-refractivity contribution is 7.16. The van der Waals surface area contributed by atoms with Crippen LogP contribution in [0.15, 0.2) is 59.4 Å². The van der Waals surface area contributed by atoms with Crippen LogP contribution >= 0.6 is 22.9 Å². The zero-order chi connectivity index (χ0) is 17.6. The summed E-state index contributed by atoms with van der Waals surface area (Å²) in [5.41, 5.74) is 0.890. The van der Waals surface area contributed by atoms with Gasteiger partial charge >= 0.3 is 0 Å². The number of halogens is 1. The van der Waals surface area contributed by atoms with Gasteiger partial charge in [0.05, 0.1) is 17.3 Å². The van der Waals surface area contributed by atoms with Crippen LogP contribution in [0.1, 0.15) is 0 Å². The summed E-state index contributed by atoms with van der Waals surface area (Å²) in [7, 11) is 1.93. The van der Waals surface area contributed by atoms with Gasteiger partial charge in [-0.2, -0.15) is 0 Å². The van der Waals surface area contributed by atoms with E-state index in [0.717, 1.165) is 15.8 Å². The molecule has 25 heavy (non-hydrogen) atoms. The molecule has 0 N–H and O–H groups in total. The standard InChI is InChI=1S/C20H16ClNO2S/c1-22(12-6-7-13-24-18-10-4-3-9-16(18)21)17-14-20(23)25-19-11-5-2-8-15(17)19/h2-5,8-11,14H,12-13H2,1H3. The van der Waals surface area contributed by atoms with Gasteiger partial charge in [-0.05, 0) is 18.2 Å². The van der Waals surface area contributed by atoms with Gasteiger partial charge in [-0.25, -0.2) is 0 Å². The average Bonchev–Trinajstić information content (AvgIpc) is 2.62. The van der Waals surface area contributed by atoms with Crippen LogP contribution in [0.4, 0.5) is 5.69 Å². The molecule has 0 aliphatic heterocycles. The van der Waals surface area contributed by atoms with Crippen molar-refractivity contribution in [2.45, 2.75) is 0 Å². The minimum Gasteiger partial charge on any atom is -0.479 e. The molecule has 0 saturated carbocycles. The van der Waals surface area contributed by atoms with Crippen LogP contribution in [-0.4, -0.2) is 20.2 Å². The monoisotopic (exact) mass is 369 g/mol. The van der Waals surface area contributed by atoms with Gasteiger partial charge in [-0.3, -0.25) is 4.79 Å². The molecule has 2 aromatic carbocycles. The molecule has 1 aromatic heterocycles. The Morgan fingerprint density at radius 1 is 1.12 bits per heavy atom. The van der Waals surface area contributed by atoms with E-state index in [-0.39, 0.29) is 11.3 Å². The fourth-order valence-corrected chi connectivity index (χ4v) is 3.40. The van der Waals surface area contributed by atoms with Gasteiger partial charge in [0.25, 0.3) is 0 Å². The molecule has 3 rings (SSSR count). The van der Waals surface area contributed by atoms with E-state index in [9.17, 15) is 4.79 Å². The van der Waals surface area contributed by atoms with Crippen molar-refractivity contribution in [1.29, 1.82) is 0 Å². The fourth-order valence-electron chi connectivity index (χ4n) is 2.40. The largest absolute Gasteiger partial charge is 0.479 e. The predicted molar refractivity (Wildman–Crippen MR) is 106 cm³/mol. The highest BCUT2D eigenvalue weighted by Gasteiger charge is 2.07. The lowest BCUT2D eigenvalue weighted by Gasteiger charge is -2.17. The summed E-state index contributed by atoms with van der Waals surface area (Å²) in [5.74, 6) is 6.67. The molecule has 0 atom stereocenters. The molecule has 0 amide bonds. The number of fused-ring (bicyclic) bond motifs is 1. The van der Waals surface area contributed by atoms with Gasteiger partial charge in [-0.15, -0.1) is 0 Å². The zero-order valence-corrected chi connectivity index (χ0v) is 15.2. The Morgan fingerprint density at radius 2 is 1.88 bits per heavy atom. The maximum Gasteiger partial charge on any atom is 0.234 e. The fraction of sp³-hybridized carbons (Fsp3) is 0.150. The van der Waals surface area contributed by atoms with Crippen LogP contribution in [0.2, 0.25) is 5.02 Å². The van der Waals surface area contributed by atoms with Gasteiger partial charge in [0.15, 0.2) is 0 Å². The van der Waals surface area contributed by atoms with E-state index in [4.69, 9.17) is 16.3 Å². The van der Waals surface area contributed by atoms with E-state index in [1.54, 1.807) is 12.1 Å². The summed E-state index contributed by atoms with van der Waals surface area (Å²) < 4.78 is 6.56. The molecule has 0 fully saturated rings. The van der Waals surface area contributed by atoms with E-state index in [0.29, 0.717) is 17.3 Å². The van der Waals surface area contributed by atoms with Crippen molar-refractivity contribution in [1.82, 2.24) is 0 Å². The second kappa shape index (κ2) is 8.06. The first-order valence-electron chi connectivity index (χ1n) is 7.72. The molecule has 126 valence electrons. The third kappa shape index (κ3) is 4.33. The Labute approximate surface area is 155 Å². The lowest BCUT2D eigenvalue weighted by atomic mass is 10.2. The van der Waals surface area contributed by atoms with Crippen molar-refractivity contribution < 1.29 is 4.74 Å². The van der Waals surface area contributed by atoms with Crippen LogP contribution in [-0.2, 0) is 0 Å². The Balaban J connectivity index is 1.67. The first-order valence-corrected chi connectivity index (χ1v) is 8.91. The van der Waals surface area contributed by atoms with E-state index in [1.807, 2.05) is 54.4 Å². The van der Waals surface area contributed by atoms with Gasteiger partial charge in [-0.1, -0.05) is 65.1 Å². The normalized spacial score (nSPS) is 10.2. The molecular weight excluding hydrogens is 354 g/mol. The number of rotatable bonds is 4. The third-order valence-electron chi connectivity index (χ3n) is 3.62. The van der Waals surface area contributed by atoms with E-state index in [1.165, 1.54) is 11.3 Å². The molecule has 5 heteroatoms. The number of para-hydroxylation sites is 1. The van der Waals surface area contributed by atoms with Gasteiger partial charge in [0, 0.05) is 23.2 Å². The van der Waals surface area contributed by atoms with E-state index < -0.39 is 0 Å². The topological polar surface area (TPSA) is 29.5 Å². The van der Waals surface area contributed by atoms with Crippen LogP contribution in [0.5, 0.6) is 5.75 Å². The summed E-state index contributed by atoms with van der Waals surface area (Å²) in [6, 6.07) is 16.9. The minimum atomic E-state index is 0.0376. The second-order valence-electron chi connectivity index (χ2n) is 5.38. The van der Waals surface area contributed by atoms with Crippen molar-refractivity contribution in [2.24, 2.45) is 0 Å². The third-order valence-corrected chi connectivity index (χ3v) is 4.82. The number of anilines is 1. The highest BCUT2D eigenvalue weighted by Crippen LogP contribution is 2.26. The van der Waals surface area contributed by atoms with Crippen LogP contribution in [0.25, 0.3) is 10.1 Å². The maximum atomic E-state index is 11.9. The van der Waals surface area contributed by atoms with Crippen LogP contribution < -0.4 is 14.4 Å². The summed E-state index contributed by atoms with van der Waals surface area (Å²) >= 11 is 7.28. The highest BCUT2D eigenvalue weighted by atomic mass is 35.5. The Kier molecular flexibility index (Phi) is 5.60. The van der Waals surface area contributed by atoms with Crippen LogP contribution in [0, 0.1) is 11.8 Å². The number of hydrogen-bond donors (Lipinski definition) is 0. The summed E-state index contributed by atoms with van der Waals surface area (Å²) in [6.07, 6.45) is 0. The van der Waals surface area contributed by atoms with E-state index >= 15 is 0 Å². The Hall–Kier alpha value is -2.48. The van der Waals surface area contributed by atoms with Crippen molar-refractivity contribution in [3.8, 4) is 17.6 Å². The second-order valence-corrected chi connectivity index (χ2v) is 6.83. The van der Waals surface area contributed by atoms with Crippen molar-refractivity contribution in [2.75, 3.05) is 25.1 Å². The number of benzene rings is 2. The summed E-state index contributed by atoms with van der Waals surface area (Å²) in [5, 5.41) is 1.63. The Bertz CT molecular complexity index is 1000. The Morgan fingerprint density at radius 3 is 2.72 bits per heavy atom. The lowest BCUT2D eigenvalue weighted by molar-refractivity contribution is 0.370. The number of hydrogen-bond acceptors (Lipinski definition) is 4. The maximum absolute atomic E-state index is 11.9. The SMILES string of the molecule is CN(CC#CCOc1ccccc1Cl)c1cc(=O)sc2ccccc12. The first-order chi connectivity index (χ1) is 12.1. The van der Waals surface area contributed by atoms with Gasteiger partial charge < -0.3 is 9.64 Å². The van der Waals surface area contributed by atoms with Gasteiger partial charge in [0.1, 0.15) is 12.4 Å². The molecule has 3 nitrogen and oxygen atoms in total. The molecule has 0 saturated heterocycles. The zero-order valence-electron chi connectivity index (χ0n) is 13.7. The molecule has 0 spiro atoms. The van der Waals surface area contributed by atoms with E-state index in [2.05, 4.69) is 11.8 Å². The molecule has 1 heterocycles.